The van der Waals surface area contributed by atoms with Crippen LogP contribution >= 0.6 is 0 Å². The van der Waals surface area contributed by atoms with Crippen LogP contribution in [-0.2, 0) is 0 Å². The van der Waals surface area contributed by atoms with Gasteiger partial charge in [0.15, 0.2) is 0 Å². The van der Waals surface area contributed by atoms with E-state index in [1.807, 2.05) is 6.08 Å². The third kappa shape index (κ3) is 7.38. The highest BCUT2D eigenvalue weighted by Gasteiger charge is 2.31. The van der Waals surface area contributed by atoms with Crippen LogP contribution in [-0.4, -0.2) is 6.36 Å². The van der Waals surface area contributed by atoms with E-state index in [0.717, 1.165) is 35.7 Å². The van der Waals surface area contributed by atoms with Crippen LogP contribution in [0.2, 0.25) is 0 Å². The zero-order valence-corrected chi connectivity index (χ0v) is 17.6. The molecule has 0 saturated heterocycles. The molecule has 1 nitrogen and oxygen atoms in total. The molecular formula is C25H35F3O. The molecule has 0 aliphatic heterocycles. The molecule has 1 aromatic carbocycles. The molecular weight excluding hydrogens is 373 g/mol. The maximum absolute atomic E-state index is 12.2. The monoisotopic (exact) mass is 408 g/mol. The van der Waals surface area contributed by atoms with Gasteiger partial charge in [0, 0.05) is 0 Å². The fourth-order valence-corrected chi connectivity index (χ4v) is 5.35. The second-order valence-corrected chi connectivity index (χ2v) is 9.07. The molecule has 0 aromatic heterocycles. The predicted octanol–water partition coefficient (Wildman–Crippen LogP) is 8.40. The van der Waals surface area contributed by atoms with E-state index in [1.54, 1.807) is 12.1 Å². The Labute approximate surface area is 173 Å². The number of ether oxygens (including phenoxy) is 1. The Bertz CT molecular complexity index is 618. The number of alkyl halides is 3. The van der Waals surface area contributed by atoms with Crippen LogP contribution in [0.5, 0.6) is 5.75 Å². The predicted molar refractivity (Wildman–Crippen MR) is 113 cm³/mol. The van der Waals surface area contributed by atoms with Gasteiger partial charge in [0.2, 0.25) is 0 Å². The van der Waals surface area contributed by atoms with E-state index >= 15 is 0 Å². The summed E-state index contributed by atoms with van der Waals surface area (Å²) in [5.74, 6) is 3.61. The molecule has 0 spiro atoms. The Kier molecular flexibility index (Phi) is 8.08. The largest absolute Gasteiger partial charge is 0.573 e. The van der Waals surface area contributed by atoms with Gasteiger partial charge in [0.1, 0.15) is 5.75 Å². The van der Waals surface area contributed by atoms with Crippen molar-refractivity contribution in [3.8, 4) is 5.75 Å². The number of allylic oxidation sites excluding steroid dienone is 1. The SMILES string of the molecule is CCC1CCC(C2CCC(CC/C=C\c3ccc(OC(F)(F)F)cc3)CC2)CC1. The van der Waals surface area contributed by atoms with Crippen molar-refractivity contribution in [2.45, 2.75) is 83.9 Å². The van der Waals surface area contributed by atoms with Gasteiger partial charge >= 0.3 is 6.36 Å². The van der Waals surface area contributed by atoms with E-state index in [9.17, 15) is 13.2 Å². The second-order valence-electron chi connectivity index (χ2n) is 9.07. The van der Waals surface area contributed by atoms with Crippen molar-refractivity contribution in [3.05, 3.63) is 35.9 Å². The van der Waals surface area contributed by atoms with E-state index in [2.05, 4.69) is 17.7 Å². The van der Waals surface area contributed by atoms with Gasteiger partial charge in [-0.2, -0.15) is 0 Å². The van der Waals surface area contributed by atoms with Crippen molar-refractivity contribution in [1.82, 2.24) is 0 Å². The molecule has 4 heteroatoms. The Balaban J connectivity index is 1.33. The lowest BCUT2D eigenvalue weighted by Gasteiger charge is -2.37. The first-order chi connectivity index (χ1) is 13.9. The minimum absolute atomic E-state index is 0.172. The van der Waals surface area contributed by atoms with Crippen LogP contribution in [0.4, 0.5) is 13.2 Å². The molecule has 1 aromatic rings. The molecule has 0 N–H and O–H groups in total. The van der Waals surface area contributed by atoms with E-state index in [1.165, 1.54) is 76.3 Å². The fourth-order valence-electron chi connectivity index (χ4n) is 5.35. The number of hydrogen-bond donors (Lipinski definition) is 0. The van der Waals surface area contributed by atoms with E-state index in [-0.39, 0.29) is 5.75 Å². The van der Waals surface area contributed by atoms with E-state index < -0.39 is 6.36 Å². The van der Waals surface area contributed by atoms with Crippen LogP contribution in [0.3, 0.4) is 0 Å². The summed E-state index contributed by atoms with van der Waals surface area (Å²) >= 11 is 0. The molecule has 162 valence electrons. The molecule has 0 radical (unpaired) electrons. The summed E-state index contributed by atoms with van der Waals surface area (Å²) in [6.45, 7) is 2.34. The summed E-state index contributed by atoms with van der Waals surface area (Å²) in [4.78, 5) is 0. The van der Waals surface area contributed by atoms with Crippen LogP contribution in [0, 0.1) is 23.7 Å². The first-order valence-corrected chi connectivity index (χ1v) is 11.4. The molecule has 3 rings (SSSR count). The van der Waals surface area contributed by atoms with Crippen LogP contribution in [0.15, 0.2) is 30.3 Å². The summed E-state index contributed by atoms with van der Waals surface area (Å²) in [6, 6.07) is 6.05. The van der Waals surface area contributed by atoms with Crippen molar-refractivity contribution < 1.29 is 17.9 Å². The topological polar surface area (TPSA) is 9.23 Å². The van der Waals surface area contributed by atoms with Gasteiger partial charge in [-0.25, -0.2) is 0 Å². The first-order valence-electron chi connectivity index (χ1n) is 11.4. The normalized spacial score (nSPS) is 28.6. The molecule has 2 aliphatic rings. The summed E-state index contributed by atoms with van der Waals surface area (Å²) < 4.78 is 40.5. The molecule has 0 bridgehead atoms. The van der Waals surface area contributed by atoms with Gasteiger partial charge < -0.3 is 4.74 Å². The van der Waals surface area contributed by atoms with Crippen LogP contribution < -0.4 is 4.74 Å². The zero-order valence-electron chi connectivity index (χ0n) is 17.6. The number of rotatable bonds is 7. The number of benzene rings is 1. The molecule has 0 heterocycles. The molecule has 2 fully saturated rings. The standard InChI is InChI=1S/C25H35F3O/c1-2-19-7-13-22(14-8-19)23-15-9-20(10-16-23)5-3-4-6-21-11-17-24(18-12-21)29-25(26,27)28/h4,6,11-12,17-20,22-23H,2-3,5,7-10,13-16H2,1H3/b6-4-. The summed E-state index contributed by atoms with van der Waals surface area (Å²) in [5.41, 5.74) is 0.908. The Hall–Kier alpha value is -1.45. The minimum Gasteiger partial charge on any atom is -0.406 e. The lowest BCUT2D eigenvalue weighted by molar-refractivity contribution is -0.274. The summed E-state index contributed by atoms with van der Waals surface area (Å²) in [7, 11) is 0. The average molecular weight is 409 g/mol. The van der Waals surface area contributed by atoms with Crippen molar-refractivity contribution in [3.63, 3.8) is 0 Å². The smallest absolute Gasteiger partial charge is 0.406 e. The molecule has 0 amide bonds. The average Bonchev–Trinajstić information content (AvgIpc) is 2.72. The van der Waals surface area contributed by atoms with Crippen molar-refractivity contribution in [2.75, 3.05) is 0 Å². The van der Waals surface area contributed by atoms with Crippen LogP contribution in [0.1, 0.15) is 83.1 Å². The third-order valence-electron chi connectivity index (χ3n) is 7.19. The summed E-state index contributed by atoms with van der Waals surface area (Å²) in [5, 5.41) is 0. The fraction of sp³-hybridized carbons (Fsp3) is 0.680. The Morgan fingerprint density at radius 3 is 1.93 bits per heavy atom. The van der Waals surface area contributed by atoms with Gasteiger partial charge in [-0.05, 0) is 79.9 Å². The maximum atomic E-state index is 12.2. The summed E-state index contributed by atoms with van der Waals surface area (Å²) in [6.07, 6.45) is 14.5. The van der Waals surface area contributed by atoms with Crippen molar-refractivity contribution in [1.29, 1.82) is 0 Å². The highest BCUT2D eigenvalue weighted by atomic mass is 19.4. The Morgan fingerprint density at radius 2 is 1.41 bits per heavy atom. The molecule has 29 heavy (non-hydrogen) atoms. The van der Waals surface area contributed by atoms with Crippen molar-refractivity contribution in [2.24, 2.45) is 23.7 Å². The lowest BCUT2D eigenvalue weighted by Crippen LogP contribution is -2.25. The molecule has 0 unspecified atom stereocenters. The highest BCUT2D eigenvalue weighted by molar-refractivity contribution is 5.50. The lowest BCUT2D eigenvalue weighted by atomic mass is 9.68. The van der Waals surface area contributed by atoms with Crippen LogP contribution in [0.25, 0.3) is 6.08 Å². The third-order valence-corrected chi connectivity index (χ3v) is 7.19. The van der Waals surface area contributed by atoms with Gasteiger partial charge in [0.05, 0.1) is 0 Å². The number of hydrogen-bond acceptors (Lipinski definition) is 1. The second kappa shape index (κ2) is 10.5. The maximum Gasteiger partial charge on any atom is 0.573 e. The van der Waals surface area contributed by atoms with E-state index in [0.29, 0.717) is 0 Å². The molecule has 0 atom stereocenters. The highest BCUT2D eigenvalue weighted by Crippen LogP contribution is 2.42. The van der Waals surface area contributed by atoms with Crippen molar-refractivity contribution >= 4 is 6.08 Å². The minimum atomic E-state index is -4.63. The van der Waals surface area contributed by atoms with Gasteiger partial charge in [0.25, 0.3) is 0 Å². The van der Waals surface area contributed by atoms with Gasteiger partial charge in [-0.3, -0.25) is 0 Å². The zero-order chi connectivity index (χ0) is 20.7. The van der Waals surface area contributed by atoms with E-state index in [4.69, 9.17) is 0 Å². The Morgan fingerprint density at radius 1 is 0.862 bits per heavy atom. The van der Waals surface area contributed by atoms with Gasteiger partial charge in [-0.1, -0.05) is 63.3 Å². The number of halogens is 3. The quantitative estimate of drug-likeness (QED) is 0.440. The first kappa shape index (κ1) is 22.2. The van der Waals surface area contributed by atoms with Gasteiger partial charge in [-0.15, -0.1) is 13.2 Å². The molecule has 2 aliphatic carbocycles. The molecule has 2 saturated carbocycles.